The van der Waals surface area contributed by atoms with Gasteiger partial charge in [0.15, 0.2) is 10.8 Å². The number of nitrogens with two attached hydrogens (primary N) is 1. The molecule has 194 valence electrons. The van der Waals surface area contributed by atoms with E-state index in [1.165, 1.54) is 23.8 Å². The van der Waals surface area contributed by atoms with E-state index >= 15 is 0 Å². The maximum Gasteiger partial charge on any atom is 0.352 e. The first-order chi connectivity index (χ1) is 17.3. The van der Waals surface area contributed by atoms with Gasteiger partial charge < -0.3 is 30.2 Å². The van der Waals surface area contributed by atoms with Crippen molar-refractivity contribution in [2.45, 2.75) is 30.4 Å². The molecule has 14 heteroatoms. The third-order valence-corrected chi connectivity index (χ3v) is 9.58. The van der Waals surface area contributed by atoms with Gasteiger partial charge in [0.05, 0.1) is 13.1 Å². The topological polar surface area (TPSA) is 156 Å². The van der Waals surface area contributed by atoms with Gasteiger partial charge in [0.1, 0.15) is 49.1 Å². The van der Waals surface area contributed by atoms with Gasteiger partial charge in [-0.25, -0.2) is 9.78 Å². The lowest BCUT2D eigenvalue weighted by atomic mass is 9.82. The minimum atomic E-state index is -1.12. The molecule has 1 aromatic rings. The van der Waals surface area contributed by atoms with E-state index < -0.39 is 29.2 Å². The summed E-state index contributed by atoms with van der Waals surface area (Å²) in [6.07, 6.45) is 2.32. The quantitative estimate of drug-likeness (QED) is 0.181. The summed E-state index contributed by atoms with van der Waals surface area (Å²) in [6.45, 7) is 3.43. The van der Waals surface area contributed by atoms with Gasteiger partial charge in [-0.1, -0.05) is 5.16 Å². The van der Waals surface area contributed by atoms with E-state index in [0.29, 0.717) is 18.2 Å². The zero-order valence-corrected chi connectivity index (χ0v) is 21.6. The summed E-state index contributed by atoms with van der Waals surface area (Å²) >= 11 is 2.61. The number of methoxy groups -OCH3 is 1. The van der Waals surface area contributed by atoms with E-state index in [1.54, 1.807) is 12.5 Å². The fourth-order valence-corrected chi connectivity index (χ4v) is 7.70. The lowest BCUT2D eigenvalue weighted by Gasteiger charge is -2.54. The maximum atomic E-state index is 13.1. The average molecular weight is 538 g/mol. The molecule has 2 amide bonds. The predicted molar refractivity (Wildman–Crippen MR) is 133 cm³/mol. The summed E-state index contributed by atoms with van der Waals surface area (Å²) in [4.78, 5) is 48.6. The highest BCUT2D eigenvalue weighted by Gasteiger charge is 2.56. The molecular weight excluding hydrogens is 508 g/mol. The van der Waals surface area contributed by atoms with Gasteiger partial charge in [-0.05, 0) is 0 Å². The number of thioether (sulfide) groups is 1. The number of aliphatic carboxylic acids is 1. The number of anilines is 1. The van der Waals surface area contributed by atoms with Crippen LogP contribution < -0.4 is 11.1 Å². The number of nitrogens with one attached hydrogen (secondary N) is 1. The normalized spacial score (nSPS) is 31.7. The number of nitrogens with zero attached hydrogens (tertiary/aromatic N) is 4. The molecule has 12 nitrogen and oxygen atoms in total. The molecule has 0 aliphatic carbocycles. The maximum absolute atomic E-state index is 13.1. The number of β-lactam (4-membered cyclic amide) rings is 1. The van der Waals surface area contributed by atoms with Crippen LogP contribution in [0.25, 0.3) is 0 Å². The van der Waals surface area contributed by atoms with E-state index in [9.17, 15) is 19.5 Å². The van der Waals surface area contributed by atoms with Crippen molar-refractivity contribution in [3.05, 3.63) is 22.3 Å². The van der Waals surface area contributed by atoms with Crippen molar-refractivity contribution < 1.29 is 33.5 Å². The summed E-state index contributed by atoms with van der Waals surface area (Å²) in [5.41, 5.74) is 6.60. The molecule has 6 heterocycles. The van der Waals surface area contributed by atoms with Crippen LogP contribution in [-0.2, 0) is 24.0 Å². The number of nitrogen functional groups attached to an aromatic ring is 1. The molecule has 4 fully saturated rings. The number of carbonyl (C=O) groups excluding carboxylic acids is 2. The standard InChI is InChI=1S/C22H28N6O6S2/c1-33-14-8-28(5-3-11(14)4-6-28)7-12-9-35-20-16(19(30)27(20)17(12)21(31)32)25-18(29)15(26-34-2)13-10-36-22(23)24-13/h10-11,14,16,20H,3-9H2,1-2H3,(H3-,23,24,25,29,31,32)/p+1/b26-15-/t11?,14?,16-,20-,28?/m1/s1. The van der Waals surface area contributed by atoms with Crippen molar-refractivity contribution >= 4 is 51.7 Å². The van der Waals surface area contributed by atoms with Crippen molar-refractivity contribution in [2.24, 2.45) is 11.1 Å². The lowest BCUT2D eigenvalue weighted by molar-refractivity contribution is -0.942. The van der Waals surface area contributed by atoms with Gasteiger partial charge in [0.2, 0.25) is 0 Å². The number of amides is 2. The number of piperidine rings is 3. The van der Waals surface area contributed by atoms with Crippen molar-refractivity contribution in [3.63, 3.8) is 0 Å². The first-order valence-electron chi connectivity index (χ1n) is 11.7. The minimum absolute atomic E-state index is 0.0430. The second kappa shape index (κ2) is 9.65. The number of oxime groups is 1. The van der Waals surface area contributed by atoms with Gasteiger partial charge in [-0.15, -0.1) is 23.1 Å². The second-order valence-electron chi connectivity index (χ2n) is 9.55. The first kappa shape index (κ1) is 25.0. The van der Waals surface area contributed by atoms with E-state index in [0.717, 1.165) is 53.9 Å². The third kappa shape index (κ3) is 4.25. The van der Waals surface area contributed by atoms with Crippen molar-refractivity contribution in [1.82, 2.24) is 15.2 Å². The Balaban J connectivity index is 1.33. The number of carboxylic acid groups (broad SMARTS) is 1. The Morgan fingerprint density at radius 3 is 2.72 bits per heavy atom. The van der Waals surface area contributed by atoms with Gasteiger partial charge >= 0.3 is 5.97 Å². The van der Waals surface area contributed by atoms with Gasteiger partial charge in [-0.3, -0.25) is 14.5 Å². The van der Waals surface area contributed by atoms with Crippen LogP contribution >= 0.6 is 23.1 Å². The van der Waals surface area contributed by atoms with Crippen LogP contribution in [-0.4, -0.2) is 107 Å². The molecule has 4 N–H and O–H groups in total. The summed E-state index contributed by atoms with van der Waals surface area (Å²) < 4.78 is 6.51. The number of thiazole rings is 1. The minimum Gasteiger partial charge on any atom is -0.477 e. The molecule has 5 aliphatic heterocycles. The molecule has 4 saturated heterocycles. The SMILES string of the molecule is CO/N=C(\C(=O)N[C@@H]1C(=O)N2C(C(=O)O)=C(C[N+]34CCC(CC3)C(OC)C4)CS[C@H]12)c1csc(N)n1. The Kier molecular flexibility index (Phi) is 6.70. The van der Waals surface area contributed by atoms with Crippen LogP contribution in [0, 0.1) is 5.92 Å². The van der Waals surface area contributed by atoms with E-state index in [-0.39, 0.29) is 28.3 Å². The Bertz CT molecular complexity index is 1140. The van der Waals surface area contributed by atoms with Gasteiger partial charge in [0, 0.05) is 42.6 Å². The summed E-state index contributed by atoms with van der Waals surface area (Å²) in [7, 11) is 3.04. The highest BCUT2D eigenvalue weighted by molar-refractivity contribution is 8.00. The van der Waals surface area contributed by atoms with Crippen molar-refractivity contribution in [1.29, 1.82) is 0 Å². The number of fused-ring (bicyclic) bond motifs is 4. The molecule has 3 atom stereocenters. The van der Waals surface area contributed by atoms with Gasteiger partial charge in [-0.2, -0.15) is 0 Å². The molecule has 1 unspecified atom stereocenters. The van der Waals surface area contributed by atoms with Crippen molar-refractivity contribution in [2.75, 3.05) is 51.9 Å². The molecule has 0 saturated carbocycles. The lowest BCUT2D eigenvalue weighted by Crippen LogP contribution is -2.71. The van der Waals surface area contributed by atoms with Crippen LogP contribution in [0.1, 0.15) is 18.5 Å². The smallest absolute Gasteiger partial charge is 0.352 e. The van der Waals surface area contributed by atoms with Crippen molar-refractivity contribution in [3.8, 4) is 0 Å². The fraction of sp³-hybridized carbons (Fsp3) is 0.591. The number of aromatic nitrogens is 1. The fourth-order valence-electron chi connectivity index (χ4n) is 5.82. The molecule has 5 aliphatic rings. The Morgan fingerprint density at radius 2 is 2.11 bits per heavy atom. The largest absolute Gasteiger partial charge is 0.477 e. The Labute approximate surface area is 216 Å². The molecule has 2 bridgehead atoms. The molecule has 0 spiro atoms. The summed E-state index contributed by atoms with van der Waals surface area (Å²) in [5, 5.41) is 17.8. The van der Waals surface area contributed by atoms with Crippen LogP contribution in [0.5, 0.6) is 0 Å². The number of carboxylic acids is 1. The van der Waals surface area contributed by atoms with Crippen LogP contribution in [0.15, 0.2) is 21.8 Å². The molecular formula is C22H29N6O6S2+. The average Bonchev–Trinajstić information content (AvgIpc) is 3.31. The zero-order valence-electron chi connectivity index (χ0n) is 20.0. The van der Waals surface area contributed by atoms with Crippen LogP contribution in [0.2, 0.25) is 0 Å². The number of hydrogen-bond acceptors (Lipinski definition) is 10. The molecule has 0 radical (unpaired) electrons. The van der Waals surface area contributed by atoms with E-state index in [2.05, 4.69) is 15.5 Å². The highest BCUT2D eigenvalue weighted by Crippen LogP contribution is 2.43. The monoisotopic (exact) mass is 537 g/mol. The molecule has 36 heavy (non-hydrogen) atoms. The number of quaternary nitrogens is 1. The third-order valence-electron chi connectivity index (χ3n) is 7.57. The highest BCUT2D eigenvalue weighted by atomic mass is 32.2. The molecule has 6 rings (SSSR count). The summed E-state index contributed by atoms with van der Waals surface area (Å²) in [6, 6.07) is -0.882. The second-order valence-corrected chi connectivity index (χ2v) is 11.5. The van der Waals surface area contributed by atoms with E-state index in [4.69, 9.17) is 15.3 Å². The molecule has 1 aromatic heterocycles. The Hall–Kier alpha value is -2.68. The number of carbonyl (C=O) groups is 3. The zero-order chi connectivity index (χ0) is 25.6. The first-order valence-corrected chi connectivity index (χ1v) is 13.6. The van der Waals surface area contributed by atoms with Gasteiger partial charge in [0.25, 0.3) is 11.8 Å². The number of hydrogen-bond donors (Lipinski definition) is 3. The predicted octanol–water partition coefficient (Wildman–Crippen LogP) is 0.0698. The van der Waals surface area contributed by atoms with E-state index in [1.807, 2.05) is 0 Å². The van der Waals surface area contributed by atoms with Crippen LogP contribution in [0.3, 0.4) is 0 Å². The number of rotatable bonds is 8. The van der Waals surface area contributed by atoms with Crippen LogP contribution in [0.4, 0.5) is 5.13 Å². The Morgan fingerprint density at radius 1 is 1.36 bits per heavy atom. The summed E-state index contributed by atoms with van der Waals surface area (Å²) in [5.74, 6) is -1.18. The number of ether oxygens (including phenoxy) is 1. The molecule has 0 aromatic carbocycles.